The molecule has 0 spiro atoms. The molecule has 0 aromatic heterocycles. The van der Waals surface area contributed by atoms with E-state index >= 15 is 0 Å². The Morgan fingerprint density at radius 2 is 1.38 bits per heavy atom. The second-order valence-electron chi connectivity index (χ2n) is 6.96. The van der Waals surface area contributed by atoms with Crippen molar-refractivity contribution >= 4 is 13.8 Å². The van der Waals surface area contributed by atoms with Gasteiger partial charge in [0.1, 0.15) is 0 Å². The van der Waals surface area contributed by atoms with Crippen LogP contribution < -0.4 is 0 Å². The fourth-order valence-corrected chi connectivity index (χ4v) is 3.56. The number of carboxylic acids is 1. The molecule has 26 heavy (non-hydrogen) atoms. The fourth-order valence-electron chi connectivity index (χ4n) is 2.96. The number of hydrogen-bond donors (Lipinski definition) is 4. The Bertz CT molecular complexity index is 397. The first kappa shape index (κ1) is 25.5. The van der Waals surface area contributed by atoms with Gasteiger partial charge in [-0.2, -0.15) is 0 Å². The molecule has 0 aromatic rings. The lowest BCUT2D eigenvalue weighted by molar-refractivity contribution is -0.137. The van der Waals surface area contributed by atoms with Crippen molar-refractivity contribution in [2.75, 3.05) is 0 Å². The van der Waals surface area contributed by atoms with Gasteiger partial charge in [0.2, 0.25) is 0 Å². The topological polar surface area (TPSA) is 124 Å². The van der Waals surface area contributed by atoms with Crippen molar-refractivity contribution < 1.29 is 33.9 Å². The number of carbonyl (C=O) groups is 1. The first-order valence-electron chi connectivity index (χ1n) is 9.90. The quantitative estimate of drug-likeness (QED) is 0.200. The van der Waals surface area contributed by atoms with E-state index in [0.29, 0.717) is 25.7 Å². The van der Waals surface area contributed by atoms with Gasteiger partial charge < -0.3 is 20.0 Å². The van der Waals surface area contributed by atoms with Crippen LogP contribution in [0.1, 0.15) is 96.8 Å². The molecule has 7 nitrogen and oxygen atoms in total. The molecule has 0 aliphatic carbocycles. The minimum Gasteiger partial charge on any atom is -0.481 e. The van der Waals surface area contributed by atoms with Crippen LogP contribution >= 0.6 is 7.82 Å². The molecule has 0 aliphatic rings. The maximum absolute atomic E-state index is 11.1. The second kappa shape index (κ2) is 15.6. The first-order valence-corrected chi connectivity index (χ1v) is 11.4. The van der Waals surface area contributed by atoms with Crippen molar-refractivity contribution in [2.45, 2.75) is 109 Å². The smallest absolute Gasteiger partial charge is 0.469 e. The lowest BCUT2D eigenvalue weighted by Crippen LogP contribution is -2.28. The minimum absolute atomic E-state index is 0.168. The Morgan fingerprint density at radius 3 is 1.92 bits per heavy atom. The van der Waals surface area contributed by atoms with Crippen molar-refractivity contribution in [3.8, 4) is 0 Å². The average molecular weight is 396 g/mol. The van der Waals surface area contributed by atoms with E-state index in [4.69, 9.17) is 19.4 Å². The summed E-state index contributed by atoms with van der Waals surface area (Å²) >= 11 is 0. The number of rotatable bonds is 18. The molecule has 0 amide bonds. The van der Waals surface area contributed by atoms with Gasteiger partial charge in [-0.1, -0.05) is 71.1 Å². The highest BCUT2D eigenvalue weighted by molar-refractivity contribution is 7.46. The predicted octanol–water partition coefficient (Wildman–Crippen LogP) is 4.39. The molecule has 4 N–H and O–H groups in total. The van der Waals surface area contributed by atoms with Gasteiger partial charge in [-0.05, 0) is 19.3 Å². The average Bonchev–Trinajstić information content (AvgIpc) is 2.54. The number of aliphatic hydroxyl groups excluding tert-OH is 1. The molecule has 0 heterocycles. The van der Waals surface area contributed by atoms with Crippen LogP contribution in [0.3, 0.4) is 0 Å². The van der Waals surface area contributed by atoms with Gasteiger partial charge in [0.05, 0.1) is 12.2 Å². The summed E-state index contributed by atoms with van der Waals surface area (Å²) in [5, 5.41) is 18.8. The fraction of sp³-hybridized carbons (Fsp3) is 0.944. The molecule has 0 rings (SSSR count). The van der Waals surface area contributed by atoms with E-state index in [-0.39, 0.29) is 6.42 Å². The minimum atomic E-state index is -4.63. The van der Waals surface area contributed by atoms with E-state index in [1.807, 2.05) is 0 Å². The Balaban J connectivity index is 4.06. The molecule has 0 saturated carbocycles. The normalized spacial score (nSPS) is 14.3. The standard InChI is InChI=1S/C18H37O7P/c1-2-3-4-5-7-10-13-16(19)17(25-26(22,23)24)14-11-8-6-9-12-15-18(20)21/h16-17,19H,2-15H2,1H3,(H,20,21)(H2,22,23,24)/t16-,17-/m0/s1. The molecule has 0 fully saturated rings. The van der Waals surface area contributed by atoms with Crippen molar-refractivity contribution in [3.63, 3.8) is 0 Å². The Hall–Kier alpha value is -0.460. The maximum atomic E-state index is 11.1. The van der Waals surface area contributed by atoms with Crippen LogP contribution in [0, 0.1) is 0 Å². The van der Waals surface area contributed by atoms with E-state index in [1.165, 1.54) is 19.3 Å². The summed E-state index contributed by atoms with van der Waals surface area (Å²) in [7, 11) is -4.63. The van der Waals surface area contributed by atoms with Gasteiger partial charge in [-0.15, -0.1) is 0 Å². The van der Waals surface area contributed by atoms with E-state index in [2.05, 4.69) is 6.92 Å². The van der Waals surface area contributed by atoms with Crippen LogP contribution in [-0.2, 0) is 13.9 Å². The second-order valence-corrected chi connectivity index (χ2v) is 8.15. The summed E-state index contributed by atoms with van der Waals surface area (Å²) < 4.78 is 15.9. The lowest BCUT2D eigenvalue weighted by Gasteiger charge is -2.23. The zero-order valence-corrected chi connectivity index (χ0v) is 16.9. The van der Waals surface area contributed by atoms with Crippen molar-refractivity contribution in [3.05, 3.63) is 0 Å². The third-order valence-electron chi connectivity index (χ3n) is 4.43. The first-order chi connectivity index (χ1) is 12.3. The zero-order valence-electron chi connectivity index (χ0n) is 16.0. The van der Waals surface area contributed by atoms with Gasteiger partial charge in [-0.3, -0.25) is 9.32 Å². The summed E-state index contributed by atoms with van der Waals surface area (Å²) in [5.74, 6) is -0.794. The van der Waals surface area contributed by atoms with E-state index < -0.39 is 26.0 Å². The molecule has 0 radical (unpaired) electrons. The Morgan fingerprint density at radius 1 is 0.885 bits per heavy atom. The molecule has 0 aromatic carbocycles. The largest absolute Gasteiger partial charge is 0.481 e. The van der Waals surface area contributed by atoms with E-state index in [9.17, 15) is 14.5 Å². The van der Waals surface area contributed by atoms with Gasteiger partial charge >= 0.3 is 13.8 Å². The molecule has 0 aliphatic heterocycles. The molecular formula is C18H37O7P. The number of aliphatic hydroxyl groups is 1. The zero-order chi connectivity index (χ0) is 19.8. The highest BCUT2D eigenvalue weighted by atomic mass is 31.2. The van der Waals surface area contributed by atoms with Crippen molar-refractivity contribution in [1.82, 2.24) is 0 Å². The third-order valence-corrected chi connectivity index (χ3v) is 4.98. The van der Waals surface area contributed by atoms with E-state index in [1.54, 1.807) is 0 Å². The van der Waals surface area contributed by atoms with Crippen LogP contribution in [-0.4, -0.2) is 38.2 Å². The van der Waals surface area contributed by atoms with Gasteiger partial charge in [-0.25, -0.2) is 4.57 Å². The number of carboxylic acid groups (broad SMARTS) is 1. The number of hydrogen-bond acceptors (Lipinski definition) is 4. The molecule has 8 heteroatoms. The van der Waals surface area contributed by atoms with Gasteiger partial charge in [0.25, 0.3) is 0 Å². The third kappa shape index (κ3) is 17.0. The molecule has 0 saturated heterocycles. The summed E-state index contributed by atoms with van der Waals surface area (Å²) in [4.78, 5) is 28.5. The van der Waals surface area contributed by atoms with Crippen LogP contribution in [0.2, 0.25) is 0 Å². The molecule has 2 atom stereocenters. The monoisotopic (exact) mass is 396 g/mol. The van der Waals surface area contributed by atoms with E-state index in [0.717, 1.165) is 38.5 Å². The highest BCUT2D eigenvalue weighted by Gasteiger charge is 2.27. The summed E-state index contributed by atoms with van der Waals surface area (Å²) in [6, 6.07) is 0. The maximum Gasteiger partial charge on any atom is 0.469 e. The highest BCUT2D eigenvalue weighted by Crippen LogP contribution is 2.40. The van der Waals surface area contributed by atoms with Crippen LogP contribution in [0.5, 0.6) is 0 Å². The molecular weight excluding hydrogens is 359 g/mol. The van der Waals surface area contributed by atoms with Crippen LogP contribution in [0.4, 0.5) is 0 Å². The Kier molecular flexibility index (Phi) is 15.3. The van der Waals surface area contributed by atoms with Gasteiger partial charge in [0, 0.05) is 6.42 Å². The molecule has 0 bridgehead atoms. The SMILES string of the molecule is CCCCCCCC[C@H](O)[C@H](CCCCCCCC(=O)O)OP(=O)(O)O. The van der Waals surface area contributed by atoms with Crippen molar-refractivity contribution in [2.24, 2.45) is 0 Å². The lowest BCUT2D eigenvalue weighted by atomic mass is 9.99. The van der Waals surface area contributed by atoms with Crippen LogP contribution in [0.25, 0.3) is 0 Å². The Labute approximate surface area is 157 Å². The number of phosphoric ester groups is 1. The number of phosphoric acid groups is 1. The van der Waals surface area contributed by atoms with Crippen molar-refractivity contribution in [1.29, 1.82) is 0 Å². The molecule has 156 valence electrons. The summed E-state index contributed by atoms with van der Waals surface area (Å²) in [6.45, 7) is 2.15. The van der Waals surface area contributed by atoms with Crippen LogP contribution in [0.15, 0.2) is 0 Å². The van der Waals surface area contributed by atoms with Gasteiger partial charge in [0.15, 0.2) is 0 Å². The predicted molar refractivity (Wildman–Crippen MR) is 101 cm³/mol. The number of unbranched alkanes of at least 4 members (excludes halogenated alkanes) is 9. The summed E-state index contributed by atoms with van der Waals surface area (Å²) in [5.41, 5.74) is 0. The summed E-state index contributed by atoms with van der Waals surface area (Å²) in [6.07, 6.45) is 9.63. The molecule has 0 unspecified atom stereocenters. The number of aliphatic carboxylic acids is 1.